The van der Waals surface area contributed by atoms with Crippen molar-refractivity contribution in [1.82, 2.24) is 4.90 Å². The summed E-state index contributed by atoms with van der Waals surface area (Å²) in [5, 5.41) is 0. The number of hydrogen-bond donors (Lipinski definition) is 0. The van der Waals surface area contributed by atoms with Crippen molar-refractivity contribution in [1.29, 1.82) is 0 Å². The van der Waals surface area contributed by atoms with E-state index in [0.717, 1.165) is 10.8 Å². The lowest BCUT2D eigenvalue weighted by Gasteiger charge is -2.51. The lowest BCUT2D eigenvalue weighted by molar-refractivity contribution is 0.0354. The Balaban J connectivity index is 2.76. The standard InChI is InChI=1S/C9H18N.2CH3.Al/c1-8-6-5-7-10(4)9(8,2)3;;;/h7-8H,5-6H2,1-4H3;2*1H3;. The highest BCUT2D eigenvalue weighted by Gasteiger charge is 2.40. The maximum absolute atomic E-state index is 2.65. The van der Waals surface area contributed by atoms with Gasteiger partial charge in [0.2, 0.25) is 0 Å². The van der Waals surface area contributed by atoms with Crippen molar-refractivity contribution in [3.8, 4) is 0 Å². The molecule has 1 fully saturated rings. The van der Waals surface area contributed by atoms with Crippen LogP contribution in [0.15, 0.2) is 0 Å². The Morgan fingerprint density at radius 2 is 1.77 bits per heavy atom. The van der Waals surface area contributed by atoms with Gasteiger partial charge in [-0.3, -0.25) is 0 Å². The van der Waals surface area contributed by atoms with Crippen LogP contribution < -0.4 is 0 Å². The van der Waals surface area contributed by atoms with Crippen molar-refractivity contribution >= 4 is 14.1 Å². The molecular weight excluding hydrogens is 173 g/mol. The average Bonchev–Trinajstić information content (AvgIpc) is 2.01. The van der Waals surface area contributed by atoms with Gasteiger partial charge in [-0.15, -0.1) is 11.6 Å². The number of rotatable bonds is 1. The third-order valence-electron chi connectivity index (χ3n) is 4.28. The van der Waals surface area contributed by atoms with Gasteiger partial charge in [0, 0.05) is 5.54 Å². The summed E-state index contributed by atoms with van der Waals surface area (Å²) in [4.78, 5) is 3.57. The summed E-state index contributed by atoms with van der Waals surface area (Å²) < 4.78 is 0. The van der Waals surface area contributed by atoms with Crippen LogP contribution in [0.4, 0.5) is 0 Å². The molecule has 0 bridgehead atoms. The molecule has 0 aromatic carbocycles. The molecule has 2 atom stereocenters. The highest BCUT2D eigenvalue weighted by Crippen LogP contribution is 2.35. The fraction of sp³-hybridized carbons (Fsp3) is 1.00. The normalized spacial score (nSPS) is 34.6. The maximum Gasteiger partial charge on any atom is 0.280 e. The van der Waals surface area contributed by atoms with Gasteiger partial charge >= 0.3 is 0 Å². The van der Waals surface area contributed by atoms with Crippen LogP contribution in [0.2, 0.25) is 11.6 Å². The zero-order valence-electron chi connectivity index (χ0n) is 10.1. The summed E-state index contributed by atoms with van der Waals surface area (Å²) in [5.74, 6) is 5.81. The second-order valence-corrected chi connectivity index (χ2v) is 8.81. The minimum Gasteiger partial charge on any atom is -0.311 e. The molecule has 0 N–H and O–H groups in total. The Morgan fingerprint density at radius 3 is 2.23 bits per heavy atom. The molecule has 1 aliphatic heterocycles. The smallest absolute Gasteiger partial charge is 0.280 e. The quantitative estimate of drug-likeness (QED) is 0.584. The van der Waals surface area contributed by atoms with Gasteiger partial charge in [0.05, 0.1) is 0 Å². The van der Waals surface area contributed by atoms with Gasteiger partial charge in [0.1, 0.15) is 0 Å². The first kappa shape index (κ1) is 11.6. The van der Waals surface area contributed by atoms with Crippen molar-refractivity contribution in [2.75, 3.05) is 7.05 Å². The van der Waals surface area contributed by atoms with Gasteiger partial charge in [-0.2, -0.15) is 0 Å². The van der Waals surface area contributed by atoms with E-state index in [1.165, 1.54) is 12.8 Å². The predicted octanol–water partition coefficient (Wildman–Crippen LogP) is 2.79. The third-order valence-corrected chi connectivity index (χ3v) is 6.60. The van der Waals surface area contributed by atoms with Crippen molar-refractivity contribution in [2.24, 2.45) is 5.92 Å². The molecule has 2 unspecified atom stereocenters. The average molecular weight is 197 g/mol. The van der Waals surface area contributed by atoms with E-state index in [9.17, 15) is 0 Å². The van der Waals surface area contributed by atoms with Crippen LogP contribution in [0, 0.1) is 5.92 Å². The van der Waals surface area contributed by atoms with Gasteiger partial charge in [0.25, 0.3) is 14.1 Å². The molecule has 0 radical (unpaired) electrons. The molecule has 13 heavy (non-hydrogen) atoms. The van der Waals surface area contributed by atoms with Crippen LogP contribution in [0.3, 0.4) is 0 Å². The molecule has 1 heterocycles. The van der Waals surface area contributed by atoms with Gasteiger partial charge in [-0.25, -0.2) is 0 Å². The summed E-state index contributed by atoms with van der Waals surface area (Å²) in [7, 11) is 2.33. The molecule has 0 amide bonds. The summed E-state index contributed by atoms with van der Waals surface area (Å²) in [6.45, 7) is 7.20. The monoisotopic (exact) mass is 197 g/mol. The van der Waals surface area contributed by atoms with Crippen molar-refractivity contribution in [2.45, 2.75) is 55.6 Å². The molecule has 2 heteroatoms. The van der Waals surface area contributed by atoms with Gasteiger partial charge < -0.3 is 4.90 Å². The molecule has 1 nitrogen and oxygen atoms in total. The third kappa shape index (κ3) is 2.12. The van der Waals surface area contributed by atoms with E-state index in [-0.39, 0.29) is 0 Å². The Hall–Kier alpha value is 0.492. The fourth-order valence-corrected chi connectivity index (χ4v) is 4.66. The minimum atomic E-state index is -0.493. The molecule has 0 aliphatic carbocycles. The maximum atomic E-state index is 2.65. The van der Waals surface area contributed by atoms with Crippen molar-refractivity contribution in [3.63, 3.8) is 0 Å². The van der Waals surface area contributed by atoms with E-state index in [1.54, 1.807) is 0 Å². The molecule has 0 aromatic heterocycles. The summed E-state index contributed by atoms with van der Waals surface area (Å²) in [6, 6.07) is 0. The van der Waals surface area contributed by atoms with E-state index in [2.05, 4.69) is 44.3 Å². The van der Waals surface area contributed by atoms with E-state index >= 15 is 0 Å². The van der Waals surface area contributed by atoms with Gasteiger partial charge in [0.15, 0.2) is 0 Å². The van der Waals surface area contributed by atoms with Gasteiger partial charge in [-0.05, 0) is 44.6 Å². The van der Waals surface area contributed by atoms with E-state index in [0.29, 0.717) is 5.54 Å². The fourth-order valence-electron chi connectivity index (χ4n) is 2.52. The Kier molecular flexibility index (Phi) is 3.50. The van der Waals surface area contributed by atoms with E-state index in [4.69, 9.17) is 0 Å². The number of nitrogens with zero attached hydrogens (tertiary/aromatic N) is 1. The van der Waals surface area contributed by atoms with Gasteiger partial charge in [-0.1, -0.05) is 6.92 Å². The molecule has 0 aromatic rings. The van der Waals surface area contributed by atoms with Crippen LogP contribution in [0.5, 0.6) is 0 Å². The van der Waals surface area contributed by atoms with Crippen LogP contribution in [0.25, 0.3) is 0 Å². The van der Waals surface area contributed by atoms with Crippen molar-refractivity contribution < 1.29 is 0 Å². The number of likely N-dealkylation sites (tertiary alicyclic amines) is 1. The second-order valence-electron chi connectivity index (χ2n) is 5.55. The SMILES string of the molecule is CC1CC[CH]([Al]([CH3])[CH3])N(C)C1(C)C. The van der Waals surface area contributed by atoms with Crippen LogP contribution >= 0.6 is 0 Å². The molecule has 0 saturated carbocycles. The number of hydrogen-bond acceptors (Lipinski definition) is 1. The molecule has 1 saturated heterocycles. The van der Waals surface area contributed by atoms with E-state index < -0.39 is 14.1 Å². The first-order chi connectivity index (χ1) is 5.87. The molecule has 1 aliphatic rings. The highest BCUT2D eigenvalue weighted by atomic mass is 27.2. The Bertz CT molecular complexity index is 177. The van der Waals surface area contributed by atoms with Crippen LogP contribution in [-0.2, 0) is 0 Å². The summed E-state index contributed by atoms with van der Waals surface area (Å²) >= 11 is -0.493. The first-order valence-electron chi connectivity index (χ1n) is 5.60. The summed E-state index contributed by atoms with van der Waals surface area (Å²) in [6.07, 6.45) is 2.86. The Labute approximate surface area is 87.9 Å². The van der Waals surface area contributed by atoms with Crippen molar-refractivity contribution in [3.05, 3.63) is 0 Å². The second kappa shape index (κ2) is 3.93. The summed E-state index contributed by atoms with van der Waals surface area (Å²) in [5.41, 5.74) is 0.417. The molecule has 1 rings (SSSR count). The topological polar surface area (TPSA) is 3.24 Å². The zero-order chi connectivity index (χ0) is 10.2. The lowest BCUT2D eigenvalue weighted by Crippen LogP contribution is -2.58. The van der Waals surface area contributed by atoms with E-state index in [1.807, 2.05) is 0 Å². The Morgan fingerprint density at radius 1 is 1.23 bits per heavy atom. The van der Waals surface area contributed by atoms with Crippen LogP contribution in [-0.4, -0.2) is 36.5 Å². The predicted molar refractivity (Wildman–Crippen MR) is 61.5 cm³/mol. The highest BCUT2D eigenvalue weighted by molar-refractivity contribution is 6.57. The molecule has 76 valence electrons. The molecule has 0 spiro atoms. The molecular formula is C11H24AlN. The number of piperidine rings is 1. The lowest BCUT2D eigenvalue weighted by atomic mass is 9.81. The first-order valence-corrected chi connectivity index (χ1v) is 8.58. The largest absolute Gasteiger partial charge is 0.311 e. The van der Waals surface area contributed by atoms with Crippen LogP contribution in [0.1, 0.15) is 33.6 Å². The zero-order valence-corrected chi connectivity index (χ0v) is 11.2. The minimum absolute atomic E-state index is 0.417.